The zero-order valence-corrected chi connectivity index (χ0v) is 26.0. The number of rotatable bonds is 13. The third-order valence-corrected chi connectivity index (χ3v) is 8.81. The maximum absolute atomic E-state index is 15.8. The van der Waals surface area contributed by atoms with E-state index in [0.29, 0.717) is 17.9 Å². The number of fused-ring (bicyclic) bond motifs is 1. The van der Waals surface area contributed by atoms with Crippen LogP contribution < -0.4 is 20.2 Å². The number of carbonyl (C=O) groups is 1. The number of imidazole rings is 1. The first-order valence-corrected chi connectivity index (χ1v) is 15.7. The number of halogens is 2. The number of para-hydroxylation sites is 1. The summed E-state index contributed by atoms with van der Waals surface area (Å²) in [5, 5.41) is 13.6. The predicted octanol–water partition coefficient (Wildman–Crippen LogP) is 3.20. The quantitative estimate of drug-likeness (QED) is 0.141. The van der Waals surface area contributed by atoms with Crippen LogP contribution in [-0.4, -0.2) is 86.7 Å². The molecule has 1 aromatic carbocycles. The van der Waals surface area contributed by atoms with Crippen molar-refractivity contribution in [3.05, 3.63) is 36.7 Å². The summed E-state index contributed by atoms with van der Waals surface area (Å²) in [6, 6.07) is 6.95. The van der Waals surface area contributed by atoms with Crippen molar-refractivity contribution in [1.82, 2.24) is 24.6 Å². The standard InChI is InChI=1S/C26H36ClFN7O7P/c1-6-34(5)21-19-22(32-25(29)31-21)35(14-30-19)23-18(28)20(36)26(12-27,41-23)13-39-43(38,42-17-10-8-7-9-11-17)33-16(4)24(37)40-15(2)3/h7-11,14-16,18,20,23,36H,6,12-13H2,1-5H3,(H,33,38)(H2,29,31,32)/t16-,18-,20-,23+,26+,43-/m0/s1. The molecule has 0 amide bonds. The van der Waals surface area contributed by atoms with Crippen LogP contribution in [0.25, 0.3) is 11.2 Å². The van der Waals surface area contributed by atoms with Gasteiger partial charge in [0.2, 0.25) is 5.95 Å². The van der Waals surface area contributed by atoms with Gasteiger partial charge in [0.15, 0.2) is 29.4 Å². The molecule has 0 bridgehead atoms. The lowest BCUT2D eigenvalue weighted by atomic mass is 9.99. The van der Waals surface area contributed by atoms with E-state index >= 15 is 4.39 Å². The molecule has 236 valence electrons. The molecule has 1 fully saturated rings. The number of aliphatic hydroxyl groups excluding tert-OH is 1. The Kier molecular flexibility index (Phi) is 10.1. The summed E-state index contributed by atoms with van der Waals surface area (Å²) in [5.74, 6) is -0.646. The fourth-order valence-electron chi connectivity index (χ4n) is 4.35. The highest BCUT2D eigenvalue weighted by Crippen LogP contribution is 2.49. The van der Waals surface area contributed by atoms with Gasteiger partial charge in [-0.2, -0.15) is 15.1 Å². The maximum Gasteiger partial charge on any atom is 0.459 e. The van der Waals surface area contributed by atoms with Crippen LogP contribution in [0, 0.1) is 0 Å². The van der Waals surface area contributed by atoms with Crippen molar-refractivity contribution in [2.75, 3.05) is 36.7 Å². The number of hydrogen-bond acceptors (Lipinski definition) is 12. The molecule has 0 unspecified atom stereocenters. The first kappa shape index (κ1) is 32.8. The van der Waals surface area contributed by atoms with E-state index in [-0.39, 0.29) is 17.3 Å². The topological polar surface area (TPSA) is 176 Å². The second kappa shape index (κ2) is 13.3. The highest BCUT2D eigenvalue weighted by molar-refractivity contribution is 7.52. The highest BCUT2D eigenvalue weighted by atomic mass is 35.5. The first-order chi connectivity index (χ1) is 20.3. The van der Waals surface area contributed by atoms with Crippen LogP contribution in [0.1, 0.15) is 33.9 Å². The lowest BCUT2D eigenvalue weighted by molar-refractivity contribution is -0.149. The van der Waals surface area contributed by atoms with Crippen molar-refractivity contribution in [2.45, 2.75) is 63.9 Å². The van der Waals surface area contributed by atoms with Crippen molar-refractivity contribution in [3.63, 3.8) is 0 Å². The van der Waals surface area contributed by atoms with E-state index in [2.05, 4.69) is 20.0 Å². The number of aromatic nitrogens is 4. The number of hydrogen-bond donors (Lipinski definition) is 3. The average molecular weight is 644 g/mol. The van der Waals surface area contributed by atoms with E-state index in [4.69, 9.17) is 35.9 Å². The number of nitrogens with zero attached hydrogens (tertiary/aromatic N) is 5. The van der Waals surface area contributed by atoms with Gasteiger partial charge in [-0.05, 0) is 39.8 Å². The van der Waals surface area contributed by atoms with Crippen molar-refractivity contribution < 1.29 is 37.4 Å². The molecule has 0 aliphatic carbocycles. The number of benzene rings is 1. The molecule has 3 aromatic rings. The largest absolute Gasteiger partial charge is 0.462 e. The summed E-state index contributed by atoms with van der Waals surface area (Å²) >= 11 is 6.25. The van der Waals surface area contributed by atoms with E-state index in [9.17, 15) is 14.5 Å². The van der Waals surface area contributed by atoms with Crippen molar-refractivity contribution in [3.8, 4) is 5.75 Å². The molecule has 1 aliphatic rings. The van der Waals surface area contributed by atoms with Crippen LogP contribution in [0.5, 0.6) is 5.75 Å². The molecule has 0 spiro atoms. The Balaban J connectivity index is 1.62. The van der Waals surface area contributed by atoms with Gasteiger partial charge in [0.05, 0.1) is 24.9 Å². The zero-order chi connectivity index (χ0) is 31.5. The molecular formula is C26H36ClFN7O7P. The van der Waals surface area contributed by atoms with Gasteiger partial charge in [-0.15, -0.1) is 11.6 Å². The van der Waals surface area contributed by atoms with E-state index in [1.165, 1.54) is 30.0 Å². The molecule has 6 atom stereocenters. The number of nitrogen functional groups attached to an aromatic ring is 1. The maximum atomic E-state index is 15.8. The molecule has 1 aliphatic heterocycles. The van der Waals surface area contributed by atoms with E-state index < -0.39 is 62.5 Å². The van der Waals surface area contributed by atoms with Gasteiger partial charge in [0.25, 0.3) is 0 Å². The number of alkyl halides is 2. The summed E-state index contributed by atoms with van der Waals surface area (Å²) < 4.78 is 53.6. The van der Waals surface area contributed by atoms with Crippen LogP contribution in [0.3, 0.4) is 0 Å². The van der Waals surface area contributed by atoms with Crippen LogP contribution in [0.15, 0.2) is 36.7 Å². The molecule has 17 heteroatoms. The zero-order valence-electron chi connectivity index (χ0n) is 24.4. The van der Waals surface area contributed by atoms with Crippen molar-refractivity contribution in [2.24, 2.45) is 0 Å². The third-order valence-electron chi connectivity index (χ3n) is 6.73. The number of anilines is 2. The molecule has 1 saturated heterocycles. The smallest absolute Gasteiger partial charge is 0.459 e. The molecule has 0 radical (unpaired) electrons. The van der Waals surface area contributed by atoms with Crippen LogP contribution in [0.2, 0.25) is 0 Å². The van der Waals surface area contributed by atoms with Crippen molar-refractivity contribution >= 4 is 48.2 Å². The molecule has 43 heavy (non-hydrogen) atoms. The first-order valence-electron chi connectivity index (χ1n) is 13.6. The lowest BCUT2D eigenvalue weighted by Crippen LogP contribution is -2.48. The average Bonchev–Trinajstić information content (AvgIpc) is 3.49. The number of carbonyl (C=O) groups excluding carboxylic acids is 1. The Morgan fingerprint density at radius 3 is 2.65 bits per heavy atom. The molecule has 2 aromatic heterocycles. The van der Waals surface area contributed by atoms with Gasteiger partial charge < -0.3 is 29.7 Å². The number of aliphatic hydroxyl groups is 1. The number of esters is 1. The van der Waals surface area contributed by atoms with Crippen LogP contribution >= 0.6 is 19.3 Å². The molecular weight excluding hydrogens is 608 g/mol. The van der Waals surface area contributed by atoms with Crippen LogP contribution in [-0.2, 0) is 23.4 Å². The Morgan fingerprint density at radius 1 is 1.33 bits per heavy atom. The van der Waals surface area contributed by atoms with Crippen molar-refractivity contribution in [1.29, 1.82) is 0 Å². The summed E-state index contributed by atoms with van der Waals surface area (Å²) in [5.41, 5.74) is 4.55. The number of nitrogens with two attached hydrogens (primary N) is 1. The molecule has 14 nitrogen and oxygen atoms in total. The third kappa shape index (κ3) is 7.03. The fraction of sp³-hybridized carbons (Fsp3) is 0.538. The number of ether oxygens (including phenoxy) is 2. The van der Waals surface area contributed by atoms with Gasteiger partial charge in [-0.3, -0.25) is 13.9 Å². The normalized spacial score (nSPS) is 24.2. The van der Waals surface area contributed by atoms with Gasteiger partial charge in [0.1, 0.15) is 23.5 Å². The minimum absolute atomic E-state index is 0.0689. The SMILES string of the molecule is CCN(C)c1nc(N)nc2c1ncn2[C@@H]1O[C@](CCl)(CO[P@@](=O)(N[C@@H](C)C(=O)OC(C)C)Oc2ccccc2)[C@@H](O)[C@@H]1F. The minimum atomic E-state index is -4.38. The lowest BCUT2D eigenvalue weighted by Gasteiger charge is -2.31. The van der Waals surface area contributed by atoms with E-state index in [1.807, 2.05) is 6.92 Å². The van der Waals surface area contributed by atoms with Gasteiger partial charge in [0, 0.05) is 13.6 Å². The monoisotopic (exact) mass is 643 g/mol. The van der Waals surface area contributed by atoms with E-state index in [1.54, 1.807) is 44.0 Å². The molecule has 4 N–H and O–H groups in total. The van der Waals surface area contributed by atoms with Gasteiger partial charge in [-0.25, -0.2) is 13.9 Å². The summed E-state index contributed by atoms with van der Waals surface area (Å²) in [7, 11) is -2.59. The van der Waals surface area contributed by atoms with Gasteiger partial charge >= 0.3 is 13.7 Å². The fourth-order valence-corrected chi connectivity index (χ4v) is 6.19. The Morgan fingerprint density at radius 2 is 2.02 bits per heavy atom. The summed E-state index contributed by atoms with van der Waals surface area (Å²) in [6.45, 7) is 6.56. The molecule has 3 heterocycles. The number of nitrogens with one attached hydrogen (secondary N) is 1. The van der Waals surface area contributed by atoms with Gasteiger partial charge in [-0.1, -0.05) is 18.2 Å². The summed E-state index contributed by atoms with van der Waals surface area (Å²) in [6.07, 6.45) is -4.46. The minimum Gasteiger partial charge on any atom is -0.462 e. The van der Waals surface area contributed by atoms with Crippen LogP contribution in [0.4, 0.5) is 16.2 Å². The van der Waals surface area contributed by atoms with E-state index in [0.717, 1.165) is 0 Å². The molecule has 0 saturated carbocycles. The summed E-state index contributed by atoms with van der Waals surface area (Å²) in [4.78, 5) is 27.1. The molecule has 4 rings (SSSR count). The Bertz CT molecular complexity index is 1470. The second-order valence-electron chi connectivity index (χ2n) is 10.4. The predicted molar refractivity (Wildman–Crippen MR) is 158 cm³/mol. The Hall–Kier alpha value is -3.07. The Labute approximate surface area is 253 Å². The second-order valence-corrected chi connectivity index (χ2v) is 12.3. The highest BCUT2D eigenvalue weighted by Gasteiger charge is 2.57.